The van der Waals surface area contributed by atoms with Crippen molar-refractivity contribution in [2.45, 2.75) is 25.7 Å². The lowest BCUT2D eigenvalue weighted by Gasteiger charge is -2.25. The van der Waals surface area contributed by atoms with Crippen LogP contribution < -0.4 is 0 Å². The van der Waals surface area contributed by atoms with E-state index in [-0.39, 0.29) is 0 Å². The molecule has 0 saturated heterocycles. The van der Waals surface area contributed by atoms with Crippen LogP contribution >= 0.6 is 0 Å². The van der Waals surface area contributed by atoms with E-state index in [1.54, 1.807) is 0 Å². The van der Waals surface area contributed by atoms with Gasteiger partial charge in [-0.25, -0.2) is 4.68 Å². The van der Waals surface area contributed by atoms with Gasteiger partial charge >= 0.3 is 5.97 Å². The first-order valence-electron chi connectivity index (χ1n) is 7.49. The summed E-state index contributed by atoms with van der Waals surface area (Å²) in [5, 5.41) is 14.0. The molecule has 2 atom stereocenters. The van der Waals surface area contributed by atoms with E-state index >= 15 is 0 Å². The quantitative estimate of drug-likeness (QED) is 0.938. The van der Waals surface area contributed by atoms with Crippen LogP contribution in [0.4, 0.5) is 0 Å². The number of para-hydroxylation sites is 1. The van der Waals surface area contributed by atoms with Gasteiger partial charge in [0.2, 0.25) is 0 Å². The summed E-state index contributed by atoms with van der Waals surface area (Å²) in [6, 6.07) is 9.90. The Hall–Kier alpha value is -2.10. The fourth-order valence-corrected chi connectivity index (χ4v) is 3.86. The molecular formula is C17H18N2O2. The summed E-state index contributed by atoms with van der Waals surface area (Å²) in [4.78, 5) is 11.7. The summed E-state index contributed by atoms with van der Waals surface area (Å²) in [7, 11) is 0. The molecule has 2 unspecified atom stereocenters. The average molecular weight is 282 g/mol. The highest BCUT2D eigenvalue weighted by Gasteiger charge is 2.57. The second kappa shape index (κ2) is 4.45. The van der Waals surface area contributed by atoms with E-state index in [2.05, 4.69) is 5.10 Å². The summed E-state index contributed by atoms with van der Waals surface area (Å²) >= 11 is 0. The molecule has 2 aliphatic carbocycles. The second-order valence-electron chi connectivity index (χ2n) is 6.56. The van der Waals surface area contributed by atoms with Crippen molar-refractivity contribution in [3.8, 4) is 5.69 Å². The number of rotatable bonds is 4. The number of aliphatic carboxylic acids is 1. The lowest BCUT2D eigenvalue weighted by Crippen LogP contribution is -2.31. The first-order valence-corrected chi connectivity index (χ1v) is 7.49. The minimum atomic E-state index is -0.637. The zero-order valence-electron chi connectivity index (χ0n) is 11.8. The third-order valence-corrected chi connectivity index (χ3v) is 5.03. The molecule has 4 rings (SSSR count). The minimum absolute atomic E-state index is 0.557. The molecule has 0 bridgehead atoms. The van der Waals surface area contributed by atoms with E-state index in [1.807, 2.05) is 47.4 Å². The largest absolute Gasteiger partial charge is 0.481 e. The normalized spacial score (nSPS) is 30.1. The Balaban J connectivity index is 1.57. The number of fused-ring (bicyclic) bond motifs is 1. The molecule has 2 saturated carbocycles. The van der Waals surface area contributed by atoms with Gasteiger partial charge in [0.05, 0.1) is 17.3 Å². The predicted octanol–water partition coefficient (Wildman–Crippen LogP) is 2.92. The second-order valence-corrected chi connectivity index (χ2v) is 6.56. The highest BCUT2D eigenvalue weighted by atomic mass is 16.4. The number of nitrogens with zero attached hydrogens (tertiary/aromatic N) is 2. The lowest BCUT2D eigenvalue weighted by atomic mass is 9.78. The first kappa shape index (κ1) is 12.6. The highest BCUT2D eigenvalue weighted by molar-refractivity contribution is 5.76. The summed E-state index contributed by atoms with van der Waals surface area (Å²) in [5.74, 6) is 0.678. The molecule has 4 nitrogen and oxygen atoms in total. The number of carboxylic acids is 1. The number of hydrogen-bond acceptors (Lipinski definition) is 2. The maximum absolute atomic E-state index is 11.7. The third-order valence-electron chi connectivity index (χ3n) is 5.03. The Labute approximate surface area is 123 Å². The molecule has 21 heavy (non-hydrogen) atoms. The first-order chi connectivity index (χ1) is 10.2. The van der Waals surface area contributed by atoms with Crippen LogP contribution in [0.2, 0.25) is 0 Å². The summed E-state index contributed by atoms with van der Waals surface area (Å²) < 4.78 is 1.82. The monoisotopic (exact) mass is 282 g/mol. The molecule has 108 valence electrons. The van der Waals surface area contributed by atoms with Gasteiger partial charge < -0.3 is 5.11 Å². The van der Waals surface area contributed by atoms with Crippen LogP contribution in [0.3, 0.4) is 0 Å². The van der Waals surface area contributed by atoms with Gasteiger partial charge in [-0.05, 0) is 55.2 Å². The highest BCUT2D eigenvalue weighted by Crippen LogP contribution is 2.60. The number of hydrogen-bond donors (Lipinski definition) is 1. The molecule has 1 aromatic carbocycles. The smallest absolute Gasteiger partial charge is 0.309 e. The van der Waals surface area contributed by atoms with Gasteiger partial charge in [-0.15, -0.1) is 0 Å². The van der Waals surface area contributed by atoms with E-state index < -0.39 is 11.4 Å². The molecule has 2 fully saturated rings. The Morgan fingerprint density at radius 2 is 2.00 bits per heavy atom. The molecule has 2 aromatic rings. The van der Waals surface area contributed by atoms with E-state index in [0.29, 0.717) is 18.3 Å². The maximum Gasteiger partial charge on any atom is 0.309 e. The molecule has 0 radical (unpaired) electrons. The van der Waals surface area contributed by atoms with Crippen LogP contribution in [0.15, 0.2) is 42.7 Å². The number of benzene rings is 1. The van der Waals surface area contributed by atoms with E-state index in [9.17, 15) is 9.90 Å². The third kappa shape index (κ3) is 2.15. The SMILES string of the molecule is O=C(O)C1(Cc2cnn(-c3ccccc3)c2)CC2CC2C1. The molecule has 2 aliphatic rings. The summed E-state index contributed by atoms with van der Waals surface area (Å²) in [5.41, 5.74) is 1.46. The standard InChI is InChI=1S/C17H18N2O2/c20-16(21)17(8-13-6-14(13)9-17)7-12-10-18-19(11-12)15-4-2-1-3-5-15/h1-5,10-11,13-14H,6-9H2,(H,20,21). The van der Waals surface area contributed by atoms with Crippen LogP contribution in [-0.2, 0) is 11.2 Å². The van der Waals surface area contributed by atoms with Crippen LogP contribution in [0.1, 0.15) is 24.8 Å². The van der Waals surface area contributed by atoms with Gasteiger partial charge in [-0.3, -0.25) is 4.79 Å². The molecule has 0 spiro atoms. The van der Waals surface area contributed by atoms with Crippen molar-refractivity contribution >= 4 is 5.97 Å². The molecule has 1 N–H and O–H groups in total. The van der Waals surface area contributed by atoms with Crippen molar-refractivity contribution in [1.82, 2.24) is 9.78 Å². The number of carbonyl (C=O) groups is 1. The Bertz CT molecular complexity index is 667. The molecule has 1 aromatic heterocycles. The molecular weight excluding hydrogens is 264 g/mol. The molecule has 0 amide bonds. The average Bonchev–Trinajstić information content (AvgIpc) is 2.89. The zero-order chi connectivity index (χ0) is 14.4. The van der Waals surface area contributed by atoms with Gasteiger partial charge in [0.1, 0.15) is 0 Å². The van der Waals surface area contributed by atoms with Gasteiger partial charge in [-0.2, -0.15) is 5.10 Å². The lowest BCUT2D eigenvalue weighted by molar-refractivity contribution is -0.149. The topological polar surface area (TPSA) is 55.1 Å². The summed E-state index contributed by atoms with van der Waals surface area (Å²) in [6.45, 7) is 0. The van der Waals surface area contributed by atoms with Crippen LogP contribution in [-0.4, -0.2) is 20.9 Å². The van der Waals surface area contributed by atoms with Crippen LogP contribution in [0, 0.1) is 17.3 Å². The van der Waals surface area contributed by atoms with Crippen molar-refractivity contribution in [2.24, 2.45) is 17.3 Å². The van der Waals surface area contributed by atoms with Crippen molar-refractivity contribution < 1.29 is 9.90 Å². The van der Waals surface area contributed by atoms with E-state index in [0.717, 1.165) is 24.1 Å². The maximum atomic E-state index is 11.7. The molecule has 0 aliphatic heterocycles. The molecule has 4 heteroatoms. The van der Waals surface area contributed by atoms with Gasteiger partial charge in [0.25, 0.3) is 0 Å². The van der Waals surface area contributed by atoms with Crippen molar-refractivity contribution in [3.63, 3.8) is 0 Å². The minimum Gasteiger partial charge on any atom is -0.481 e. The fourth-order valence-electron chi connectivity index (χ4n) is 3.86. The number of aromatic nitrogens is 2. The summed E-state index contributed by atoms with van der Waals surface area (Å²) in [6.07, 6.45) is 7.28. The Kier molecular flexibility index (Phi) is 2.67. The van der Waals surface area contributed by atoms with E-state index in [4.69, 9.17) is 0 Å². The van der Waals surface area contributed by atoms with Crippen molar-refractivity contribution in [3.05, 3.63) is 48.3 Å². The van der Waals surface area contributed by atoms with Crippen molar-refractivity contribution in [1.29, 1.82) is 0 Å². The number of carboxylic acid groups (broad SMARTS) is 1. The van der Waals surface area contributed by atoms with Crippen LogP contribution in [0.5, 0.6) is 0 Å². The van der Waals surface area contributed by atoms with Gasteiger partial charge in [0.15, 0.2) is 0 Å². The molecule has 1 heterocycles. The van der Waals surface area contributed by atoms with Gasteiger partial charge in [-0.1, -0.05) is 18.2 Å². The zero-order valence-corrected chi connectivity index (χ0v) is 11.8. The van der Waals surface area contributed by atoms with Crippen LogP contribution in [0.25, 0.3) is 5.69 Å². The van der Waals surface area contributed by atoms with Gasteiger partial charge in [0, 0.05) is 6.20 Å². The fraction of sp³-hybridized carbons (Fsp3) is 0.412. The Morgan fingerprint density at radius 3 is 2.67 bits per heavy atom. The Morgan fingerprint density at radius 1 is 1.29 bits per heavy atom. The predicted molar refractivity (Wildman–Crippen MR) is 78.2 cm³/mol. The van der Waals surface area contributed by atoms with Crippen molar-refractivity contribution in [2.75, 3.05) is 0 Å². The van der Waals surface area contributed by atoms with E-state index in [1.165, 1.54) is 6.42 Å².